The number of carbonyl (C=O) groups excluding carboxylic acids is 1. The number of para-hydroxylation sites is 1. The van der Waals surface area contributed by atoms with Crippen LogP contribution in [0.4, 0.5) is 5.82 Å². The monoisotopic (exact) mass is 468 g/mol. The van der Waals surface area contributed by atoms with E-state index in [4.69, 9.17) is 10.8 Å². The van der Waals surface area contributed by atoms with Gasteiger partial charge in [0.15, 0.2) is 0 Å². The number of benzene rings is 1. The number of thioether (sulfide) groups is 1. The number of rotatable bonds is 5. The third-order valence-corrected chi connectivity index (χ3v) is 8.53. The van der Waals surface area contributed by atoms with E-state index in [-0.39, 0.29) is 11.9 Å². The highest BCUT2D eigenvalue weighted by atomic mass is 32.2. The zero-order chi connectivity index (χ0) is 22.8. The maximum absolute atomic E-state index is 12.7. The van der Waals surface area contributed by atoms with Gasteiger partial charge in [0.2, 0.25) is 5.91 Å². The first kappa shape index (κ1) is 22.7. The SMILES string of the molecule is Cc1cc(N2CCN([C@H]3CC[C@H]([C@H](N)C(=O)N4CCSC4)CC3)CC2)n(-c2ccccc2)n1. The van der Waals surface area contributed by atoms with Crippen molar-refractivity contribution in [3.8, 4) is 5.69 Å². The first-order valence-corrected chi connectivity index (χ1v) is 13.5. The standard InChI is InChI=1S/C25H36N6OS/c1-19-17-23(31(27-19)22-5-3-2-4-6-22)29-13-11-28(12-14-29)21-9-7-20(8-10-21)24(26)25(32)30-15-16-33-18-30/h2-6,17,20-21,24H,7-16,18,26H2,1H3/t20-,21-,24-/m0/s1. The molecular formula is C25H36N6OS. The predicted molar refractivity (Wildman–Crippen MR) is 135 cm³/mol. The Morgan fingerprint density at radius 3 is 2.45 bits per heavy atom. The van der Waals surface area contributed by atoms with Crippen molar-refractivity contribution in [1.29, 1.82) is 0 Å². The molecule has 1 aromatic heterocycles. The number of aryl methyl sites for hydroxylation is 1. The second-order valence-corrected chi connectivity index (χ2v) is 10.7. The fourth-order valence-corrected chi connectivity index (χ4v) is 6.57. The highest BCUT2D eigenvalue weighted by Crippen LogP contribution is 2.32. The second kappa shape index (κ2) is 10.1. The first-order valence-electron chi connectivity index (χ1n) is 12.3. The summed E-state index contributed by atoms with van der Waals surface area (Å²) in [4.78, 5) is 19.8. The third-order valence-electron chi connectivity index (χ3n) is 7.57. The van der Waals surface area contributed by atoms with Crippen molar-refractivity contribution in [1.82, 2.24) is 19.6 Å². The van der Waals surface area contributed by atoms with E-state index in [9.17, 15) is 4.79 Å². The van der Waals surface area contributed by atoms with Gasteiger partial charge in [-0.3, -0.25) is 9.69 Å². The highest BCUT2D eigenvalue weighted by molar-refractivity contribution is 7.99. The minimum absolute atomic E-state index is 0.169. The van der Waals surface area contributed by atoms with E-state index >= 15 is 0 Å². The summed E-state index contributed by atoms with van der Waals surface area (Å²) in [5.74, 6) is 3.55. The molecule has 2 saturated heterocycles. The number of nitrogens with two attached hydrogens (primary N) is 1. The molecular weight excluding hydrogens is 432 g/mol. The van der Waals surface area contributed by atoms with Gasteiger partial charge in [-0.1, -0.05) is 18.2 Å². The van der Waals surface area contributed by atoms with Crippen LogP contribution in [0.1, 0.15) is 31.4 Å². The molecule has 3 aliphatic rings. The van der Waals surface area contributed by atoms with E-state index in [1.54, 1.807) is 0 Å². The Morgan fingerprint density at radius 2 is 1.79 bits per heavy atom. The average Bonchev–Trinajstić information content (AvgIpc) is 3.54. The van der Waals surface area contributed by atoms with Crippen LogP contribution < -0.4 is 10.6 Å². The Kier molecular flexibility index (Phi) is 6.94. The van der Waals surface area contributed by atoms with Gasteiger partial charge >= 0.3 is 0 Å². The molecule has 5 rings (SSSR count). The largest absolute Gasteiger partial charge is 0.354 e. The number of hydrogen-bond donors (Lipinski definition) is 1. The number of aromatic nitrogens is 2. The van der Waals surface area contributed by atoms with E-state index in [0.29, 0.717) is 12.0 Å². The summed E-state index contributed by atoms with van der Waals surface area (Å²) in [5.41, 5.74) is 8.57. The fourth-order valence-electron chi connectivity index (χ4n) is 5.61. The fraction of sp³-hybridized carbons (Fsp3) is 0.600. The summed E-state index contributed by atoms with van der Waals surface area (Å²) >= 11 is 1.83. The third kappa shape index (κ3) is 4.93. The lowest BCUT2D eigenvalue weighted by molar-refractivity contribution is -0.132. The molecule has 33 heavy (non-hydrogen) atoms. The molecule has 0 unspecified atom stereocenters. The van der Waals surface area contributed by atoms with E-state index < -0.39 is 0 Å². The van der Waals surface area contributed by atoms with Crippen LogP contribution in [0.5, 0.6) is 0 Å². The number of anilines is 1. The normalized spacial score (nSPS) is 25.4. The molecule has 1 atom stereocenters. The molecule has 1 amide bonds. The Labute approximate surface area is 201 Å². The first-order chi connectivity index (χ1) is 16.1. The van der Waals surface area contributed by atoms with Crippen LogP contribution in [0.25, 0.3) is 5.69 Å². The zero-order valence-electron chi connectivity index (χ0n) is 19.6. The van der Waals surface area contributed by atoms with Crippen LogP contribution in [-0.2, 0) is 4.79 Å². The molecule has 0 bridgehead atoms. The van der Waals surface area contributed by atoms with Gasteiger partial charge in [-0.05, 0) is 50.7 Å². The summed E-state index contributed by atoms with van der Waals surface area (Å²) in [6, 6.07) is 12.9. The highest BCUT2D eigenvalue weighted by Gasteiger charge is 2.35. The molecule has 178 valence electrons. The van der Waals surface area contributed by atoms with Crippen molar-refractivity contribution in [2.24, 2.45) is 11.7 Å². The molecule has 3 heterocycles. The van der Waals surface area contributed by atoms with E-state index in [2.05, 4.69) is 51.7 Å². The Hall–Kier alpha value is -2.03. The quantitative estimate of drug-likeness (QED) is 0.728. The van der Waals surface area contributed by atoms with Gasteiger partial charge in [-0.2, -0.15) is 5.10 Å². The number of amides is 1. The molecule has 1 aromatic carbocycles. The van der Waals surface area contributed by atoms with Gasteiger partial charge in [0.25, 0.3) is 0 Å². The molecule has 1 aliphatic carbocycles. The molecule has 2 N–H and O–H groups in total. The van der Waals surface area contributed by atoms with Crippen molar-refractivity contribution in [3.63, 3.8) is 0 Å². The summed E-state index contributed by atoms with van der Waals surface area (Å²) in [7, 11) is 0. The minimum Gasteiger partial charge on any atom is -0.354 e. The van der Waals surface area contributed by atoms with Crippen molar-refractivity contribution in [2.45, 2.75) is 44.7 Å². The van der Waals surface area contributed by atoms with Crippen molar-refractivity contribution >= 4 is 23.5 Å². The van der Waals surface area contributed by atoms with Crippen molar-refractivity contribution in [2.75, 3.05) is 49.3 Å². The summed E-state index contributed by atoms with van der Waals surface area (Å²) in [6.45, 7) is 7.11. The summed E-state index contributed by atoms with van der Waals surface area (Å²) < 4.78 is 2.08. The summed E-state index contributed by atoms with van der Waals surface area (Å²) in [6.07, 6.45) is 4.44. The minimum atomic E-state index is -0.317. The average molecular weight is 469 g/mol. The van der Waals surface area contributed by atoms with Crippen LogP contribution in [-0.4, -0.2) is 81.9 Å². The lowest BCUT2D eigenvalue weighted by Gasteiger charge is -2.43. The Bertz CT molecular complexity index is 928. The van der Waals surface area contributed by atoms with Crippen LogP contribution in [0.2, 0.25) is 0 Å². The topological polar surface area (TPSA) is 70.6 Å². The number of carbonyl (C=O) groups is 1. The molecule has 2 aromatic rings. The number of hydrogen-bond acceptors (Lipinski definition) is 6. The second-order valence-electron chi connectivity index (χ2n) is 9.65. The van der Waals surface area contributed by atoms with Gasteiger partial charge < -0.3 is 15.5 Å². The Balaban J connectivity index is 1.14. The smallest absolute Gasteiger partial charge is 0.240 e. The van der Waals surface area contributed by atoms with Crippen molar-refractivity contribution in [3.05, 3.63) is 42.1 Å². The van der Waals surface area contributed by atoms with Gasteiger partial charge in [0.1, 0.15) is 5.82 Å². The lowest BCUT2D eigenvalue weighted by atomic mass is 9.80. The molecule has 3 fully saturated rings. The maximum Gasteiger partial charge on any atom is 0.240 e. The Morgan fingerprint density at radius 1 is 1.06 bits per heavy atom. The molecule has 8 heteroatoms. The van der Waals surface area contributed by atoms with Crippen LogP contribution in [0.3, 0.4) is 0 Å². The van der Waals surface area contributed by atoms with E-state index in [0.717, 1.165) is 81.4 Å². The number of nitrogens with zero attached hydrogens (tertiary/aromatic N) is 5. The lowest BCUT2D eigenvalue weighted by Crippen LogP contribution is -2.53. The van der Waals surface area contributed by atoms with Gasteiger partial charge in [-0.25, -0.2) is 4.68 Å². The van der Waals surface area contributed by atoms with Gasteiger partial charge in [0.05, 0.1) is 23.3 Å². The van der Waals surface area contributed by atoms with Crippen molar-refractivity contribution < 1.29 is 4.79 Å². The molecule has 0 spiro atoms. The zero-order valence-corrected chi connectivity index (χ0v) is 20.4. The van der Waals surface area contributed by atoms with Crippen LogP contribution in [0.15, 0.2) is 36.4 Å². The molecule has 2 aliphatic heterocycles. The van der Waals surface area contributed by atoms with Crippen LogP contribution in [0, 0.1) is 12.8 Å². The van der Waals surface area contributed by atoms with E-state index in [1.807, 2.05) is 22.7 Å². The molecule has 7 nitrogen and oxygen atoms in total. The summed E-state index contributed by atoms with van der Waals surface area (Å²) in [5, 5.41) is 4.75. The number of piperazine rings is 1. The van der Waals surface area contributed by atoms with Gasteiger partial charge in [0, 0.05) is 50.6 Å². The molecule has 1 saturated carbocycles. The molecule has 0 radical (unpaired) electrons. The maximum atomic E-state index is 12.7. The van der Waals surface area contributed by atoms with E-state index in [1.165, 1.54) is 5.82 Å². The van der Waals surface area contributed by atoms with Gasteiger partial charge in [-0.15, -0.1) is 11.8 Å². The van der Waals surface area contributed by atoms with Crippen LogP contribution >= 0.6 is 11.8 Å². The predicted octanol–water partition coefficient (Wildman–Crippen LogP) is 2.72.